The first-order chi connectivity index (χ1) is 20.3. The minimum Gasteiger partial charge on any atom is -0.457 e. The highest BCUT2D eigenvalue weighted by Crippen LogP contribution is 2.29. The molecule has 210 valence electrons. The maximum atomic E-state index is 13.7. The molecule has 0 bridgehead atoms. The normalized spacial score (nSPS) is 11.0. The van der Waals surface area contributed by atoms with Crippen LogP contribution in [-0.4, -0.2) is 26.7 Å². The van der Waals surface area contributed by atoms with Crippen LogP contribution in [0.2, 0.25) is 5.02 Å². The zero-order valence-electron chi connectivity index (χ0n) is 22.2. The van der Waals surface area contributed by atoms with Gasteiger partial charge in [0, 0.05) is 16.1 Å². The van der Waals surface area contributed by atoms with Crippen LogP contribution in [0.3, 0.4) is 0 Å². The Balaban J connectivity index is 1.44. The van der Waals surface area contributed by atoms with E-state index in [2.05, 4.69) is 5.32 Å². The van der Waals surface area contributed by atoms with E-state index < -0.39 is 22.5 Å². The largest absolute Gasteiger partial charge is 0.457 e. The number of para-hydroxylation sites is 1. The van der Waals surface area contributed by atoms with Crippen molar-refractivity contribution in [2.75, 3.05) is 16.2 Å². The number of halogens is 1. The van der Waals surface area contributed by atoms with E-state index >= 15 is 0 Å². The van der Waals surface area contributed by atoms with Crippen molar-refractivity contribution in [2.45, 2.75) is 4.90 Å². The molecule has 5 aromatic rings. The van der Waals surface area contributed by atoms with Gasteiger partial charge >= 0.3 is 0 Å². The van der Waals surface area contributed by atoms with Gasteiger partial charge in [0.25, 0.3) is 10.0 Å². The molecule has 0 atom stereocenters. The number of nitrogens with zero attached hydrogens (tertiary/aromatic N) is 1. The standard InChI is InChI=1S/C33H25ClN2O5S/c34-25-16-21-31(30(22-25)33(38)24-10-4-1-5-11-24)35-32(37)23-36(42(39,40)29-14-8-3-9-15-29)26-17-19-28(20-18-26)41-27-12-6-2-7-13-27/h1-22H,23H2,(H,35,37). The van der Waals surface area contributed by atoms with Gasteiger partial charge in [0.1, 0.15) is 18.0 Å². The van der Waals surface area contributed by atoms with Gasteiger partial charge in [-0.2, -0.15) is 0 Å². The Morgan fingerprint density at radius 1 is 0.714 bits per heavy atom. The molecule has 5 rings (SSSR count). The van der Waals surface area contributed by atoms with Crippen LogP contribution in [0.4, 0.5) is 11.4 Å². The molecule has 5 aromatic carbocycles. The van der Waals surface area contributed by atoms with E-state index in [1.165, 1.54) is 24.3 Å². The monoisotopic (exact) mass is 596 g/mol. The molecule has 0 aliphatic rings. The first kappa shape index (κ1) is 28.6. The molecule has 0 radical (unpaired) electrons. The van der Waals surface area contributed by atoms with Crippen LogP contribution in [0.5, 0.6) is 11.5 Å². The molecule has 0 spiro atoms. The summed E-state index contributed by atoms with van der Waals surface area (Å²) in [5.74, 6) is 0.138. The molecule has 0 aliphatic heterocycles. The van der Waals surface area contributed by atoms with Gasteiger partial charge in [0.15, 0.2) is 5.78 Å². The second kappa shape index (κ2) is 12.7. The van der Waals surface area contributed by atoms with Gasteiger partial charge in [-0.15, -0.1) is 0 Å². The predicted molar refractivity (Wildman–Crippen MR) is 164 cm³/mol. The first-order valence-corrected chi connectivity index (χ1v) is 14.7. The second-order valence-electron chi connectivity index (χ2n) is 9.17. The van der Waals surface area contributed by atoms with Crippen molar-refractivity contribution in [3.05, 3.63) is 150 Å². The number of rotatable bonds is 10. The molecular formula is C33H25ClN2O5S. The quantitative estimate of drug-likeness (QED) is 0.172. The zero-order valence-corrected chi connectivity index (χ0v) is 23.8. The minimum atomic E-state index is -4.15. The van der Waals surface area contributed by atoms with Crippen molar-refractivity contribution in [3.8, 4) is 11.5 Å². The number of carbonyl (C=O) groups is 2. The van der Waals surface area contributed by atoms with Crippen molar-refractivity contribution in [1.82, 2.24) is 0 Å². The highest BCUT2D eigenvalue weighted by molar-refractivity contribution is 7.92. The molecule has 0 aliphatic carbocycles. The van der Waals surface area contributed by atoms with Crippen LogP contribution >= 0.6 is 11.6 Å². The van der Waals surface area contributed by atoms with Crippen LogP contribution in [0.15, 0.2) is 138 Å². The highest BCUT2D eigenvalue weighted by Gasteiger charge is 2.28. The van der Waals surface area contributed by atoms with Gasteiger partial charge in [-0.25, -0.2) is 8.42 Å². The summed E-state index contributed by atoms with van der Waals surface area (Å²) in [6.07, 6.45) is 0. The molecule has 0 saturated heterocycles. The van der Waals surface area contributed by atoms with E-state index in [0.29, 0.717) is 22.1 Å². The van der Waals surface area contributed by atoms with Crippen LogP contribution in [0.25, 0.3) is 0 Å². The maximum absolute atomic E-state index is 13.7. The number of sulfonamides is 1. The van der Waals surface area contributed by atoms with E-state index in [9.17, 15) is 18.0 Å². The lowest BCUT2D eigenvalue weighted by atomic mass is 10.0. The SMILES string of the molecule is O=C(CN(c1ccc(Oc2ccccc2)cc1)S(=O)(=O)c1ccccc1)Nc1ccc(Cl)cc1C(=O)c1ccccc1. The summed E-state index contributed by atoms with van der Waals surface area (Å²) in [6.45, 7) is -0.558. The molecule has 0 saturated carbocycles. The van der Waals surface area contributed by atoms with Crippen LogP contribution in [-0.2, 0) is 14.8 Å². The predicted octanol–water partition coefficient (Wildman–Crippen LogP) is 7.20. The lowest BCUT2D eigenvalue weighted by Crippen LogP contribution is -2.38. The van der Waals surface area contributed by atoms with Crippen molar-refractivity contribution < 1.29 is 22.7 Å². The average Bonchev–Trinajstić information content (AvgIpc) is 3.02. The summed E-state index contributed by atoms with van der Waals surface area (Å²) in [7, 11) is -4.15. The van der Waals surface area contributed by atoms with Gasteiger partial charge in [-0.3, -0.25) is 13.9 Å². The Morgan fingerprint density at radius 3 is 1.93 bits per heavy atom. The third kappa shape index (κ3) is 6.68. The number of hydrogen-bond acceptors (Lipinski definition) is 5. The number of hydrogen-bond donors (Lipinski definition) is 1. The molecule has 0 heterocycles. The Bertz CT molecular complexity index is 1800. The Hall–Kier alpha value is -4.92. The molecule has 1 N–H and O–H groups in total. The second-order valence-corrected chi connectivity index (χ2v) is 11.5. The number of carbonyl (C=O) groups excluding carboxylic acids is 2. The van der Waals surface area contributed by atoms with Crippen molar-refractivity contribution in [1.29, 1.82) is 0 Å². The van der Waals surface area contributed by atoms with E-state index in [4.69, 9.17) is 16.3 Å². The lowest BCUT2D eigenvalue weighted by Gasteiger charge is -2.24. The Morgan fingerprint density at radius 2 is 1.29 bits per heavy atom. The van der Waals surface area contributed by atoms with Crippen molar-refractivity contribution in [3.63, 3.8) is 0 Å². The van der Waals surface area contributed by atoms with Crippen LogP contribution in [0, 0.1) is 0 Å². The fourth-order valence-corrected chi connectivity index (χ4v) is 5.83. The molecular weight excluding hydrogens is 572 g/mol. The van der Waals surface area contributed by atoms with E-state index in [-0.39, 0.29) is 27.6 Å². The summed E-state index contributed by atoms with van der Waals surface area (Å²) in [4.78, 5) is 26.6. The number of amides is 1. The van der Waals surface area contributed by atoms with E-state index in [1.807, 2.05) is 18.2 Å². The smallest absolute Gasteiger partial charge is 0.264 e. The summed E-state index contributed by atoms with van der Waals surface area (Å²) in [5, 5.41) is 3.02. The van der Waals surface area contributed by atoms with Crippen LogP contribution < -0.4 is 14.4 Å². The molecule has 9 heteroatoms. The number of ketones is 1. The van der Waals surface area contributed by atoms with Gasteiger partial charge in [-0.05, 0) is 66.7 Å². The molecule has 7 nitrogen and oxygen atoms in total. The fourth-order valence-electron chi connectivity index (χ4n) is 4.22. The van der Waals surface area contributed by atoms with Gasteiger partial charge < -0.3 is 10.1 Å². The third-order valence-electron chi connectivity index (χ3n) is 6.26. The minimum absolute atomic E-state index is 0.0221. The topological polar surface area (TPSA) is 92.8 Å². The summed E-state index contributed by atoms with van der Waals surface area (Å²) in [6, 6.07) is 36.5. The first-order valence-electron chi connectivity index (χ1n) is 12.9. The van der Waals surface area contributed by atoms with Crippen molar-refractivity contribution in [2.24, 2.45) is 0 Å². The van der Waals surface area contributed by atoms with Gasteiger partial charge in [-0.1, -0.05) is 78.3 Å². The fraction of sp³-hybridized carbons (Fsp3) is 0.0303. The Kier molecular flexibility index (Phi) is 8.66. The average molecular weight is 597 g/mol. The van der Waals surface area contributed by atoms with E-state index in [1.54, 1.807) is 91.0 Å². The highest BCUT2D eigenvalue weighted by atomic mass is 35.5. The maximum Gasteiger partial charge on any atom is 0.264 e. The number of benzene rings is 5. The third-order valence-corrected chi connectivity index (χ3v) is 8.28. The van der Waals surface area contributed by atoms with E-state index in [0.717, 1.165) is 4.31 Å². The van der Waals surface area contributed by atoms with Crippen LogP contribution in [0.1, 0.15) is 15.9 Å². The summed E-state index contributed by atoms with van der Waals surface area (Å²) < 4.78 is 34.3. The summed E-state index contributed by atoms with van der Waals surface area (Å²) in [5.41, 5.74) is 1.07. The molecule has 1 amide bonds. The van der Waals surface area contributed by atoms with Gasteiger partial charge in [0.2, 0.25) is 5.91 Å². The molecule has 42 heavy (non-hydrogen) atoms. The number of anilines is 2. The van der Waals surface area contributed by atoms with Gasteiger partial charge in [0.05, 0.1) is 16.3 Å². The number of ether oxygens (including phenoxy) is 1. The number of nitrogens with one attached hydrogen (secondary N) is 1. The summed E-state index contributed by atoms with van der Waals surface area (Å²) >= 11 is 6.18. The molecule has 0 unspecified atom stereocenters. The zero-order chi connectivity index (χ0) is 29.5. The van der Waals surface area contributed by atoms with Crippen molar-refractivity contribution >= 4 is 44.7 Å². The molecule has 0 aromatic heterocycles. The molecule has 0 fully saturated rings. The lowest BCUT2D eigenvalue weighted by molar-refractivity contribution is -0.114. The Labute approximate surface area is 249 Å².